The summed E-state index contributed by atoms with van der Waals surface area (Å²) in [4.78, 5) is 21.5. The van der Waals surface area contributed by atoms with Crippen LogP contribution in [0.5, 0.6) is 0 Å². The first-order valence-electron chi connectivity index (χ1n) is 15.5. The largest absolute Gasteiger partial charge is 0.369 e. The van der Waals surface area contributed by atoms with E-state index in [4.69, 9.17) is 4.98 Å². The molecule has 0 bridgehead atoms. The SMILES string of the molecule is O=C(CCCCN1CCC(F)CC1)c1ccc2c(c1)sc1nc(-c3ccc([C@H]4CCCN4)cc3)c(NCC3CC3)n12. The number of halogens is 1. The molecular weight excluding hydrogens is 533 g/mol. The number of nitrogens with one attached hydrogen (secondary N) is 2. The zero-order chi connectivity index (χ0) is 27.8. The number of thiazole rings is 1. The number of unbranched alkanes of at least 4 members (excludes halogenated alkanes) is 1. The Bertz CT molecular complexity index is 1510. The Morgan fingerprint density at radius 2 is 1.88 bits per heavy atom. The standard InChI is InChI=1S/C33H40FN5OS/c34-26-14-18-38(19-15-26)17-2-1-5-29(40)25-12-13-28-30(20-25)41-33-37-31(32(39(28)33)36-21-22-6-7-22)24-10-8-23(9-11-24)27-4-3-16-35-27/h8-13,20,22,26-27,35-36H,1-7,14-19,21H2/t27-/m1/s1. The van der Waals surface area contributed by atoms with Crippen molar-refractivity contribution >= 4 is 38.1 Å². The summed E-state index contributed by atoms with van der Waals surface area (Å²) in [6.45, 7) is 4.70. The second-order valence-corrected chi connectivity index (χ2v) is 13.2. The van der Waals surface area contributed by atoms with Gasteiger partial charge in [0, 0.05) is 43.2 Å². The van der Waals surface area contributed by atoms with Gasteiger partial charge in [0.25, 0.3) is 0 Å². The van der Waals surface area contributed by atoms with Gasteiger partial charge in [0.15, 0.2) is 10.7 Å². The van der Waals surface area contributed by atoms with Crippen molar-refractivity contribution in [3.05, 3.63) is 53.6 Å². The highest BCUT2D eigenvalue weighted by atomic mass is 32.1. The minimum atomic E-state index is -0.634. The maximum absolute atomic E-state index is 13.4. The van der Waals surface area contributed by atoms with Gasteiger partial charge in [-0.15, -0.1) is 0 Å². The first-order valence-corrected chi connectivity index (χ1v) is 16.4. The number of likely N-dealkylation sites (tertiary alicyclic amines) is 1. The Kier molecular flexibility index (Phi) is 7.80. The first-order chi connectivity index (χ1) is 20.1. The molecule has 2 N–H and O–H groups in total. The molecular formula is C33H40FN5OS. The van der Waals surface area contributed by atoms with E-state index >= 15 is 0 Å². The number of alkyl halides is 1. The summed E-state index contributed by atoms with van der Waals surface area (Å²) in [5.74, 6) is 2.00. The van der Waals surface area contributed by atoms with Crippen molar-refractivity contribution in [1.82, 2.24) is 19.6 Å². The summed E-state index contributed by atoms with van der Waals surface area (Å²) in [6.07, 6.45) is 8.08. The Hall–Kier alpha value is -2.81. The molecule has 4 heterocycles. The molecule has 8 heteroatoms. The van der Waals surface area contributed by atoms with Gasteiger partial charge in [0.2, 0.25) is 0 Å². The first kappa shape index (κ1) is 27.0. The molecule has 0 unspecified atom stereocenters. The van der Waals surface area contributed by atoms with E-state index in [1.165, 1.54) is 31.2 Å². The van der Waals surface area contributed by atoms with Crippen molar-refractivity contribution in [2.24, 2.45) is 5.92 Å². The molecule has 7 rings (SSSR count). The normalized spacial score (nSPS) is 20.4. The lowest BCUT2D eigenvalue weighted by atomic mass is 10.0. The molecule has 4 aromatic rings. The van der Waals surface area contributed by atoms with Gasteiger partial charge in [-0.25, -0.2) is 9.37 Å². The van der Waals surface area contributed by atoms with Crippen LogP contribution in [0.2, 0.25) is 0 Å². The van der Waals surface area contributed by atoms with Gasteiger partial charge in [-0.1, -0.05) is 35.6 Å². The van der Waals surface area contributed by atoms with E-state index < -0.39 is 6.17 Å². The van der Waals surface area contributed by atoms with E-state index in [2.05, 4.69) is 56.3 Å². The van der Waals surface area contributed by atoms with Gasteiger partial charge in [-0.2, -0.15) is 0 Å². The third-order valence-corrected chi connectivity index (χ3v) is 10.1. The van der Waals surface area contributed by atoms with E-state index in [0.717, 1.165) is 89.3 Å². The second-order valence-electron chi connectivity index (χ2n) is 12.2. The number of rotatable bonds is 11. The second kappa shape index (κ2) is 11.8. The van der Waals surface area contributed by atoms with E-state index in [9.17, 15) is 9.18 Å². The van der Waals surface area contributed by atoms with E-state index in [1.807, 2.05) is 6.07 Å². The minimum Gasteiger partial charge on any atom is -0.369 e. The van der Waals surface area contributed by atoms with Gasteiger partial charge < -0.3 is 15.5 Å². The number of aromatic nitrogens is 2. The maximum atomic E-state index is 13.4. The number of hydrogen-bond donors (Lipinski definition) is 2. The third-order valence-electron chi connectivity index (χ3n) is 9.12. The molecule has 3 aliphatic rings. The van der Waals surface area contributed by atoms with E-state index in [1.54, 1.807) is 11.3 Å². The lowest BCUT2D eigenvalue weighted by molar-refractivity contribution is 0.0976. The molecule has 1 saturated carbocycles. The van der Waals surface area contributed by atoms with Crippen molar-refractivity contribution in [2.75, 3.05) is 38.0 Å². The van der Waals surface area contributed by atoms with Crippen LogP contribution in [-0.4, -0.2) is 59.0 Å². The zero-order valence-corrected chi connectivity index (χ0v) is 24.5. The zero-order valence-electron chi connectivity index (χ0n) is 23.7. The number of piperidine rings is 1. The van der Waals surface area contributed by atoms with Crippen LogP contribution in [0.3, 0.4) is 0 Å². The minimum absolute atomic E-state index is 0.199. The highest BCUT2D eigenvalue weighted by Crippen LogP contribution is 2.38. The predicted octanol–water partition coefficient (Wildman–Crippen LogP) is 7.25. The van der Waals surface area contributed by atoms with Crippen molar-refractivity contribution in [1.29, 1.82) is 0 Å². The van der Waals surface area contributed by atoms with Crippen LogP contribution < -0.4 is 10.6 Å². The number of Topliss-reactive ketones (excluding diaryl/α,β-unsaturated/α-hetero) is 1. The number of benzene rings is 2. The predicted molar refractivity (Wildman–Crippen MR) is 166 cm³/mol. The summed E-state index contributed by atoms with van der Waals surface area (Å²) in [6, 6.07) is 15.5. The number of anilines is 1. The monoisotopic (exact) mass is 573 g/mol. The molecule has 216 valence electrons. The number of hydrogen-bond acceptors (Lipinski definition) is 6. The quantitative estimate of drug-likeness (QED) is 0.146. The Morgan fingerprint density at radius 3 is 2.63 bits per heavy atom. The maximum Gasteiger partial charge on any atom is 0.197 e. The van der Waals surface area contributed by atoms with Crippen molar-refractivity contribution in [3.63, 3.8) is 0 Å². The van der Waals surface area contributed by atoms with Crippen LogP contribution in [0.1, 0.15) is 79.8 Å². The molecule has 2 aromatic heterocycles. The van der Waals surface area contributed by atoms with Crippen LogP contribution in [-0.2, 0) is 0 Å². The Labute approximate surface area is 245 Å². The van der Waals surface area contributed by atoms with Crippen LogP contribution in [0.15, 0.2) is 42.5 Å². The van der Waals surface area contributed by atoms with Gasteiger partial charge >= 0.3 is 0 Å². The summed E-state index contributed by atoms with van der Waals surface area (Å²) in [5.41, 5.74) is 5.37. The molecule has 3 fully saturated rings. The molecule has 0 spiro atoms. The number of ketones is 1. The number of nitrogens with zero attached hydrogens (tertiary/aromatic N) is 3. The molecule has 1 aliphatic carbocycles. The molecule has 1 atom stereocenters. The summed E-state index contributed by atoms with van der Waals surface area (Å²) < 4.78 is 16.7. The van der Waals surface area contributed by atoms with Crippen LogP contribution in [0.25, 0.3) is 26.4 Å². The summed E-state index contributed by atoms with van der Waals surface area (Å²) in [7, 11) is 0. The molecule has 6 nitrogen and oxygen atoms in total. The lowest BCUT2D eigenvalue weighted by Crippen LogP contribution is -2.35. The van der Waals surface area contributed by atoms with E-state index in [0.29, 0.717) is 25.3 Å². The average Bonchev–Trinajstić information content (AvgIpc) is 3.37. The molecule has 2 aliphatic heterocycles. The van der Waals surface area contributed by atoms with Gasteiger partial charge in [0.05, 0.1) is 10.2 Å². The van der Waals surface area contributed by atoms with Gasteiger partial charge in [0.1, 0.15) is 17.7 Å². The van der Waals surface area contributed by atoms with Crippen molar-refractivity contribution in [2.45, 2.75) is 70.0 Å². The topological polar surface area (TPSA) is 61.7 Å². The van der Waals surface area contributed by atoms with Crippen LogP contribution in [0, 0.1) is 5.92 Å². The van der Waals surface area contributed by atoms with E-state index in [-0.39, 0.29) is 5.78 Å². The molecule has 0 radical (unpaired) electrons. The number of imidazole rings is 1. The fraction of sp³-hybridized carbons (Fsp3) is 0.515. The smallest absolute Gasteiger partial charge is 0.197 e. The van der Waals surface area contributed by atoms with Crippen LogP contribution >= 0.6 is 11.3 Å². The van der Waals surface area contributed by atoms with Crippen LogP contribution in [0.4, 0.5) is 10.2 Å². The number of carbonyl (C=O) groups is 1. The summed E-state index contributed by atoms with van der Waals surface area (Å²) >= 11 is 1.66. The van der Waals surface area contributed by atoms with Crippen molar-refractivity contribution < 1.29 is 9.18 Å². The number of fused-ring (bicyclic) bond motifs is 3. The Morgan fingerprint density at radius 1 is 1.05 bits per heavy atom. The molecule has 2 saturated heterocycles. The highest BCUT2D eigenvalue weighted by Gasteiger charge is 2.25. The molecule has 2 aromatic carbocycles. The van der Waals surface area contributed by atoms with Crippen molar-refractivity contribution in [3.8, 4) is 11.3 Å². The average molecular weight is 574 g/mol. The fourth-order valence-corrected chi connectivity index (χ4v) is 7.47. The Balaban J connectivity index is 1.09. The number of carbonyl (C=O) groups excluding carboxylic acids is 1. The van der Waals surface area contributed by atoms with Gasteiger partial charge in [-0.3, -0.25) is 9.20 Å². The molecule has 41 heavy (non-hydrogen) atoms. The summed E-state index contributed by atoms with van der Waals surface area (Å²) in [5, 5.41) is 7.34. The third kappa shape index (κ3) is 5.92. The highest BCUT2D eigenvalue weighted by molar-refractivity contribution is 7.23. The fourth-order valence-electron chi connectivity index (χ4n) is 6.40. The molecule has 0 amide bonds. The lowest BCUT2D eigenvalue weighted by Gasteiger charge is -2.28. The van der Waals surface area contributed by atoms with Gasteiger partial charge in [-0.05, 0) is 94.1 Å².